The van der Waals surface area contributed by atoms with Gasteiger partial charge < -0.3 is 45.7 Å². The van der Waals surface area contributed by atoms with Crippen molar-refractivity contribution in [3.63, 3.8) is 0 Å². The number of fused-ring (bicyclic) bond motifs is 4. The van der Waals surface area contributed by atoms with Crippen molar-refractivity contribution in [1.82, 2.24) is 5.32 Å². The molecule has 234 valence electrons. The maximum Gasteiger partial charge on any atom is 0.186 e. The van der Waals surface area contributed by atoms with E-state index in [1.807, 2.05) is 7.05 Å². The highest BCUT2D eigenvalue weighted by molar-refractivity contribution is 5.35. The summed E-state index contributed by atoms with van der Waals surface area (Å²) in [5, 5.41) is 46.1. The average Bonchev–Trinajstić information content (AvgIpc) is 3.55. The molecule has 41 heavy (non-hydrogen) atoms. The Kier molecular flexibility index (Phi) is 6.68. The molecule has 7 fully saturated rings. The molecule has 5 saturated carbocycles. The second-order valence-corrected chi connectivity index (χ2v) is 16.2. The second-order valence-electron chi connectivity index (χ2n) is 16.2. The van der Waals surface area contributed by atoms with Gasteiger partial charge in [0, 0.05) is 6.54 Å². The number of hydrogen-bond acceptors (Lipinski definition) is 9. The number of hydrogen-bond donors (Lipinski definition) is 6. The third-order valence-corrected chi connectivity index (χ3v) is 14.5. The molecule has 2 aliphatic heterocycles. The van der Waals surface area contributed by atoms with Crippen LogP contribution < -0.4 is 11.1 Å². The van der Waals surface area contributed by atoms with Crippen molar-refractivity contribution in [2.24, 2.45) is 51.1 Å². The first kappa shape index (κ1) is 29.4. The zero-order valence-electron chi connectivity index (χ0n) is 25.6. The van der Waals surface area contributed by atoms with Gasteiger partial charge in [0.25, 0.3) is 0 Å². The van der Waals surface area contributed by atoms with E-state index in [9.17, 15) is 20.4 Å². The molecule has 7 aliphatic rings. The zero-order valence-corrected chi connectivity index (χ0v) is 25.6. The maximum absolute atomic E-state index is 12.1. The first-order valence-corrected chi connectivity index (χ1v) is 16.4. The number of aliphatic hydroxyl groups excluding tert-OH is 4. The molecule has 2 spiro atoms. The molecule has 0 bridgehead atoms. The Morgan fingerprint density at radius 2 is 1.66 bits per heavy atom. The van der Waals surface area contributed by atoms with Crippen LogP contribution in [0.5, 0.6) is 0 Å². The minimum absolute atomic E-state index is 0.0477. The number of ether oxygens (including phenoxy) is 3. The molecule has 0 aromatic heterocycles. The smallest absolute Gasteiger partial charge is 0.186 e. The lowest BCUT2D eigenvalue weighted by molar-refractivity contribution is -0.302. The summed E-state index contributed by atoms with van der Waals surface area (Å²) in [7, 11) is 1.96. The average molecular weight is 579 g/mol. The molecule has 7 N–H and O–H groups in total. The summed E-state index contributed by atoms with van der Waals surface area (Å²) in [6.07, 6.45) is 2.90. The predicted octanol–water partition coefficient (Wildman–Crippen LogP) is 1.53. The van der Waals surface area contributed by atoms with Crippen LogP contribution in [0.1, 0.15) is 79.1 Å². The molecule has 2 saturated heterocycles. The first-order valence-electron chi connectivity index (χ1n) is 16.4. The fourth-order valence-corrected chi connectivity index (χ4v) is 12.7. The molecule has 5 aliphatic carbocycles. The van der Waals surface area contributed by atoms with Gasteiger partial charge in [0.05, 0.1) is 36.6 Å². The van der Waals surface area contributed by atoms with Crippen LogP contribution in [-0.2, 0) is 14.2 Å². The van der Waals surface area contributed by atoms with Crippen LogP contribution in [0.3, 0.4) is 0 Å². The van der Waals surface area contributed by atoms with E-state index in [0.29, 0.717) is 11.8 Å². The van der Waals surface area contributed by atoms with E-state index in [1.54, 1.807) is 0 Å². The lowest BCUT2D eigenvalue weighted by Gasteiger charge is -2.63. The predicted molar refractivity (Wildman–Crippen MR) is 151 cm³/mol. The second kappa shape index (κ2) is 9.33. The highest BCUT2D eigenvalue weighted by Crippen LogP contribution is 2.87. The van der Waals surface area contributed by atoms with Crippen molar-refractivity contribution >= 4 is 0 Å². The Labute approximate surface area is 244 Å². The van der Waals surface area contributed by atoms with Crippen molar-refractivity contribution in [3.8, 4) is 0 Å². The van der Waals surface area contributed by atoms with Gasteiger partial charge in [-0.25, -0.2) is 0 Å². The van der Waals surface area contributed by atoms with E-state index in [2.05, 4.69) is 33.0 Å². The third-order valence-electron chi connectivity index (χ3n) is 14.5. The van der Waals surface area contributed by atoms with Crippen LogP contribution in [0, 0.1) is 45.3 Å². The lowest BCUT2D eigenvalue weighted by atomic mass is 9.43. The van der Waals surface area contributed by atoms with Crippen molar-refractivity contribution in [3.05, 3.63) is 0 Å². The SMILES string of the molecule is CNCC1CC(C)C2C(O1)C(O)C1(N)C3CCC4C(C)(C)C(OC5OCC(O)C(O)C5O)CCC45CC35CCC21C. The van der Waals surface area contributed by atoms with Crippen LogP contribution in [0.25, 0.3) is 0 Å². The Bertz CT molecular complexity index is 1050. The molecular formula is C32H54N2O7. The van der Waals surface area contributed by atoms with Crippen LogP contribution in [0.4, 0.5) is 0 Å². The van der Waals surface area contributed by atoms with Crippen LogP contribution in [0.15, 0.2) is 0 Å². The monoisotopic (exact) mass is 578 g/mol. The fourth-order valence-electron chi connectivity index (χ4n) is 12.7. The summed E-state index contributed by atoms with van der Waals surface area (Å²) < 4.78 is 18.7. The van der Waals surface area contributed by atoms with Crippen molar-refractivity contribution in [2.45, 2.75) is 134 Å². The molecular weight excluding hydrogens is 524 g/mol. The van der Waals surface area contributed by atoms with E-state index in [0.717, 1.165) is 45.1 Å². The number of nitrogens with one attached hydrogen (secondary N) is 1. The normalized spacial score (nSPS) is 60.7. The molecule has 16 unspecified atom stereocenters. The summed E-state index contributed by atoms with van der Waals surface area (Å²) >= 11 is 0. The van der Waals surface area contributed by atoms with Crippen molar-refractivity contribution in [2.75, 3.05) is 20.2 Å². The van der Waals surface area contributed by atoms with Gasteiger partial charge in [-0.15, -0.1) is 0 Å². The summed E-state index contributed by atoms with van der Waals surface area (Å²) in [4.78, 5) is 0. The number of aliphatic hydroxyl groups is 4. The Morgan fingerprint density at radius 1 is 0.951 bits per heavy atom. The number of rotatable bonds is 4. The van der Waals surface area contributed by atoms with Gasteiger partial charge in [-0.3, -0.25) is 0 Å². The quantitative estimate of drug-likeness (QED) is 0.274. The van der Waals surface area contributed by atoms with Crippen molar-refractivity contribution < 1.29 is 34.6 Å². The minimum atomic E-state index is -1.27. The topological polar surface area (TPSA) is 147 Å². The van der Waals surface area contributed by atoms with Gasteiger partial charge in [-0.2, -0.15) is 0 Å². The van der Waals surface area contributed by atoms with E-state index in [4.69, 9.17) is 19.9 Å². The van der Waals surface area contributed by atoms with Gasteiger partial charge in [0.15, 0.2) is 6.29 Å². The third kappa shape index (κ3) is 3.56. The van der Waals surface area contributed by atoms with Gasteiger partial charge in [0.2, 0.25) is 0 Å². The largest absolute Gasteiger partial charge is 0.388 e. The summed E-state index contributed by atoms with van der Waals surface area (Å²) in [5.41, 5.74) is 7.05. The lowest BCUT2D eigenvalue weighted by Crippen LogP contribution is -2.70. The van der Waals surface area contributed by atoms with Crippen LogP contribution in [-0.4, -0.2) is 95.2 Å². The molecule has 16 atom stereocenters. The van der Waals surface area contributed by atoms with Gasteiger partial charge in [-0.05, 0) is 104 Å². The highest BCUT2D eigenvalue weighted by Gasteiger charge is 2.85. The first-order chi connectivity index (χ1) is 19.3. The van der Waals surface area contributed by atoms with Crippen LogP contribution in [0.2, 0.25) is 0 Å². The zero-order chi connectivity index (χ0) is 29.3. The Hall–Kier alpha value is -0.360. The molecule has 0 radical (unpaired) electrons. The van der Waals surface area contributed by atoms with Crippen LogP contribution >= 0.6 is 0 Å². The van der Waals surface area contributed by atoms with E-state index in [-0.39, 0.29) is 58.4 Å². The molecule has 9 nitrogen and oxygen atoms in total. The minimum Gasteiger partial charge on any atom is -0.388 e. The Balaban J connectivity index is 1.15. The van der Waals surface area contributed by atoms with E-state index >= 15 is 0 Å². The molecule has 7 rings (SSSR count). The summed E-state index contributed by atoms with van der Waals surface area (Å²) in [6.45, 7) is 10.1. The maximum atomic E-state index is 12.1. The summed E-state index contributed by atoms with van der Waals surface area (Å²) in [6, 6.07) is 0. The van der Waals surface area contributed by atoms with Crippen molar-refractivity contribution in [1.29, 1.82) is 0 Å². The highest BCUT2D eigenvalue weighted by atomic mass is 16.7. The molecule has 9 heteroatoms. The fraction of sp³-hybridized carbons (Fsp3) is 1.00. The number of nitrogens with two attached hydrogens (primary N) is 1. The Morgan fingerprint density at radius 3 is 2.39 bits per heavy atom. The molecule has 0 aromatic carbocycles. The van der Waals surface area contributed by atoms with E-state index < -0.39 is 36.2 Å². The van der Waals surface area contributed by atoms with Gasteiger partial charge in [0.1, 0.15) is 18.3 Å². The molecule has 2 heterocycles. The number of likely N-dealkylation sites (N-methyl/N-ethyl adjacent to an activating group) is 1. The molecule has 0 amide bonds. The van der Waals surface area contributed by atoms with Gasteiger partial charge in [-0.1, -0.05) is 27.7 Å². The van der Waals surface area contributed by atoms with Gasteiger partial charge >= 0.3 is 0 Å². The standard InChI is InChI=1S/C32H54N2O7/c1-16-12-17(13-34-5)40-25-22(16)29(4)10-11-31-15-30(31)9-8-21(41-27-24(37)23(36)18(35)14-39-27)28(2,3)19(30)6-7-20(31)32(29,33)26(25)38/h16-27,34-38H,6-15,33H2,1-5H3. The van der Waals surface area contributed by atoms with E-state index in [1.165, 1.54) is 12.8 Å². The molecule has 0 aromatic rings. The summed E-state index contributed by atoms with van der Waals surface area (Å²) in [5.74, 6) is 1.46.